The number of hydrogen-bond acceptors (Lipinski definition) is 5. The zero-order valence-corrected chi connectivity index (χ0v) is 16.3. The standard InChI is InChI=1S/C23H27N3O2/c1-2-3-15-4-6-16(7-5-15)17-8-9-22(19(10-17)14-24)28-23(27)18-11-20(25)13-21(26)12-18/h8-13,15-16H,2-7,25-26H2,1H3. The summed E-state index contributed by atoms with van der Waals surface area (Å²) in [4.78, 5) is 12.4. The second-order valence-electron chi connectivity index (χ2n) is 7.65. The number of hydrogen-bond donors (Lipinski definition) is 2. The van der Waals surface area contributed by atoms with Crippen molar-refractivity contribution in [2.75, 3.05) is 11.5 Å². The highest BCUT2D eigenvalue weighted by Gasteiger charge is 2.23. The number of rotatable bonds is 5. The number of nitrogens with two attached hydrogens (primary N) is 2. The topological polar surface area (TPSA) is 102 Å². The van der Waals surface area contributed by atoms with Gasteiger partial charge in [-0.25, -0.2) is 4.79 Å². The summed E-state index contributed by atoms with van der Waals surface area (Å²) in [5.41, 5.74) is 14.0. The molecule has 2 aromatic carbocycles. The third kappa shape index (κ3) is 4.64. The average Bonchev–Trinajstić information content (AvgIpc) is 2.68. The maximum atomic E-state index is 12.4. The van der Waals surface area contributed by atoms with Crippen LogP contribution in [0.2, 0.25) is 0 Å². The summed E-state index contributed by atoms with van der Waals surface area (Å²) in [6, 6.07) is 12.3. The Hall–Kier alpha value is -3.00. The number of esters is 1. The third-order valence-corrected chi connectivity index (χ3v) is 5.56. The van der Waals surface area contributed by atoms with Gasteiger partial charge in [-0.2, -0.15) is 5.26 Å². The predicted octanol–water partition coefficient (Wildman–Crippen LogP) is 5.02. The van der Waals surface area contributed by atoms with Crippen LogP contribution in [0.4, 0.5) is 11.4 Å². The van der Waals surface area contributed by atoms with E-state index < -0.39 is 5.97 Å². The molecule has 0 heterocycles. The molecule has 0 aliphatic heterocycles. The molecular formula is C23H27N3O2. The van der Waals surface area contributed by atoms with Crippen LogP contribution in [-0.2, 0) is 0 Å². The van der Waals surface area contributed by atoms with Crippen LogP contribution < -0.4 is 16.2 Å². The quantitative estimate of drug-likeness (QED) is 0.433. The van der Waals surface area contributed by atoms with Crippen LogP contribution in [0.5, 0.6) is 5.75 Å². The number of carbonyl (C=O) groups is 1. The van der Waals surface area contributed by atoms with Crippen LogP contribution >= 0.6 is 0 Å². The molecule has 0 spiro atoms. The fourth-order valence-electron chi connectivity index (χ4n) is 4.12. The highest BCUT2D eigenvalue weighted by atomic mass is 16.5. The number of nitriles is 1. The summed E-state index contributed by atoms with van der Waals surface area (Å²) in [6.45, 7) is 2.24. The molecule has 5 heteroatoms. The van der Waals surface area contributed by atoms with E-state index in [2.05, 4.69) is 13.0 Å². The van der Waals surface area contributed by atoms with Crippen LogP contribution in [0.25, 0.3) is 0 Å². The Morgan fingerprint density at radius 1 is 1.11 bits per heavy atom. The Morgan fingerprint density at radius 3 is 2.39 bits per heavy atom. The molecule has 28 heavy (non-hydrogen) atoms. The van der Waals surface area contributed by atoms with Gasteiger partial charge >= 0.3 is 5.97 Å². The van der Waals surface area contributed by atoms with Gasteiger partial charge in [-0.05, 0) is 73.4 Å². The van der Waals surface area contributed by atoms with E-state index >= 15 is 0 Å². The van der Waals surface area contributed by atoms with Gasteiger partial charge in [0.25, 0.3) is 0 Å². The van der Waals surface area contributed by atoms with E-state index in [0.717, 1.165) is 24.3 Å². The Morgan fingerprint density at radius 2 is 1.79 bits per heavy atom. The monoisotopic (exact) mass is 377 g/mol. The van der Waals surface area contributed by atoms with Gasteiger partial charge in [0.05, 0.1) is 11.1 Å². The molecule has 4 N–H and O–H groups in total. The van der Waals surface area contributed by atoms with Crippen LogP contribution in [0.15, 0.2) is 36.4 Å². The van der Waals surface area contributed by atoms with E-state index in [-0.39, 0.29) is 11.3 Å². The first-order chi connectivity index (χ1) is 13.5. The van der Waals surface area contributed by atoms with Crippen molar-refractivity contribution < 1.29 is 9.53 Å². The van der Waals surface area contributed by atoms with Crippen LogP contribution in [0.1, 0.15) is 72.9 Å². The van der Waals surface area contributed by atoms with Crippen molar-refractivity contribution in [1.29, 1.82) is 5.26 Å². The van der Waals surface area contributed by atoms with Gasteiger partial charge in [-0.3, -0.25) is 0 Å². The number of ether oxygens (including phenoxy) is 1. The molecule has 1 saturated carbocycles. The molecule has 1 aliphatic carbocycles. The lowest BCUT2D eigenvalue weighted by Gasteiger charge is -2.28. The maximum Gasteiger partial charge on any atom is 0.343 e. The normalized spacial score (nSPS) is 19.0. The number of anilines is 2. The van der Waals surface area contributed by atoms with E-state index in [1.807, 2.05) is 12.1 Å². The molecule has 1 fully saturated rings. The minimum absolute atomic E-state index is 0.261. The van der Waals surface area contributed by atoms with Crippen LogP contribution in [-0.4, -0.2) is 5.97 Å². The van der Waals surface area contributed by atoms with E-state index in [4.69, 9.17) is 16.2 Å². The second kappa shape index (κ2) is 8.79. The molecule has 3 rings (SSSR count). The predicted molar refractivity (Wildman–Crippen MR) is 111 cm³/mol. The van der Waals surface area contributed by atoms with Crippen molar-refractivity contribution in [2.45, 2.75) is 51.4 Å². The summed E-state index contributed by atoms with van der Waals surface area (Å²) in [5, 5.41) is 9.54. The molecule has 0 amide bonds. The van der Waals surface area contributed by atoms with Gasteiger partial charge < -0.3 is 16.2 Å². The van der Waals surface area contributed by atoms with E-state index in [1.165, 1.54) is 37.8 Å². The molecule has 0 saturated heterocycles. The average molecular weight is 377 g/mol. The Bertz CT molecular complexity index is 873. The lowest BCUT2D eigenvalue weighted by molar-refractivity contribution is 0.0734. The zero-order chi connectivity index (χ0) is 20.1. The van der Waals surface area contributed by atoms with Crippen molar-refractivity contribution in [3.63, 3.8) is 0 Å². The molecule has 0 bridgehead atoms. The minimum Gasteiger partial charge on any atom is -0.422 e. The summed E-state index contributed by atoms with van der Waals surface area (Å²) in [6.07, 6.45) is 7.34. The van der Waals surface area contributed by atoms with Gasteiger partial charge in [-0.15, -0.1) is 0 Å². The number of nitrogens with zero attached hydrogens (tertiary/aromatic N) is 1. The summed E-state index contributed by atoms with van der Waals surface area (Å²) in [5.74, 6) is 0.988. The molecule has 2 aromatic rings. The highest BCUT2D eigenvalue weighted by Crippen LogP contribution is 2.38. The van der Waals surface area contributed by atoms with Crippen LogP contribution in [0, 0.1) is 17.2 Å². The van der Waals surface area contributed by atoms with Crippen molar-refractivity contribution in [3.05, 3.63) is 53.1 Å². The van der Waals surface area contributed by atoms with Gasteiger partial charge in [-0.1, -0.05) is 25.8 Å². The van der Waals surface area contributed by atoms with Crippen molar-refractivity contribution in [2.24, 2.45) is 5.92 Å². The number of carbonyl (C=O) groups excluding carboxylic acids is 1. The lowest BCUT2D eigenvalue weighted by Crippen LogP contribution is -2.14. The SMILES string of the molecule is CCCC1CCC(c2ccc(OC(=O)c3cc(N)cc(N)c3)c(C#N)c2)CC1. The highest BCUT2D eigenvalue weighted by molar-refractivity contribution is 5.93. The molecule has 0 aromatic heterocycles. The van der Waals surface area contributed by atoms with Gasteiger partial charge in [0.15, 0.2) is 0 Å². The number of nitrogen functional groups attached to an aromatic ring is 2. The third-order valence-electron chi connectivity index (χ3n) is 5.56. The first-order valence-electron chi connectivity index (χ1n) is 9.92. The van der Waals surface area contributed by atoms with E-state index in [9.17, 15) is 10.1 Å². The zero-order valence-electron chi connectivity index (χ0n) is 16.3. The molecular weight excluding hydrogens is 350 g/mol. The summed E-state index contributed by atoms with van der Waals surface area (Å²) >= 11 is 0. The van der Waals surface area contributed by atoms with Crippen LogP contribution in [0.3, 0.4) is 0 Å². The Labute approximate surface area is 166 Å². The molecule has 5 nitrogen and oxygen atoms in total. The van der Waals surface area contributed by atoms with Gasteiger partial charge in [0, 0.05) is 11.4 Å². The Balaban J connectivity index is 1.73. The van der Waals surface area contributed by atoms with E-state index in [1.54, 1.807) is 12.1 Å². The summed E-state index contributed by atoms with van der Waals surface area (Å²) in [7, 11) is 0. The Kier molecular flexibility index (Phi) is 6.20. The second-order valence-corrected chi connectivity index (χ2v) is 7.65. The molecule has 0 atom stereocenters. The maximum absolute atomic E-state index is 12.4. The lowest BCUT2D eigenvalue weighted by atomic mass is 9.77. The first kappa shape index (κ1) is 19.8. The first-order valence-corrected chi connectivity index (χ1v) is 9.92. The molecule has 1 aliphatic rings. The van der Waals surface area contributed by atoms with Crippen molar-refractivity contribution in [1.82, 2.24) is 0 Å². The van der Waals surface area contributed by atoms with E-state index in [0.29, 0.717) is 22.9 Å². The molecule has 0 unspecified atom stereocenters. The molecule has 0 radical (unpaired) electrons. The molecule has 146 valence electrons. The van der Waals surface area contributed by atoms with Crippen molar-refractivity contribution >= 4 is 17.3 Å². The largest absolute Gasteiger partial charge is 0.422 e. The summed E-state index contributed by atoms with van der Waals surface area (Å²) < 4.78 is 5.45. The minimum atomic E-state index is -0.580. The van der Waals surface area contributed by atoms with Gasteiger partial charge in [0.1, 0.15) is 11.8 Å². The fourth-order valence-corrected chi connectivity index (χ4v) is 4.12. The van der Waals surface area contributed by atoms with Gasteiger partial charge in [0.2, 0.25) is 0 Å². The smallest absolute Gasteiger partial charge is 0.343 e. The number of benzene rings is 2. The van der Waals surface area contributed by atoms with Crippen molar-refractivity contribution in [3.8, 4) is 11.8 Å². The fraction of sp³-hybridized carbons (Fsp3) is 0.391.